The van der Waals surface area contributed by atoms with Gasteiger partial charge in [-0.25, -0.2) is 9.59 Å². The maximum atomic E-state index is 12.5. The Morgan fingerprint density at radius 3 is 2.39 bits per heavy atom. The molecule has 1 unspecified atom stereocenters. The van der Waals surface area contributed by atoms with Crippen LogP contribution >= 0.6 is 23.2 Å². The Kier molecular flexibility index (Phi) is 7.82. The summed E-state index contributed by atoms with van der Waals surface area (Å²) in [7, 11) is 1.33. The van der Waals surface area contributed by atoms with E-state index >= 15 is 0 Å². The van der Waals surface area contributed by atoms with Crippen molar-refractivity contribution in [2.75, 3.05) is 7.11 Å². The van der Waals surface area contributed by atoms with Crippen LogP contribution < -0.4 is 15.4 Å². The van der Waals surface area contributed by atoms with Crippen LogP contribution in [0.1, 0.15) is 43.4 Å². The maximum absolute atomic E-state index is 12.5. The molecule has 1 heterocycles. The second-order valence-electron chi connectivity index (χ2n) is 7.08. The summed E-state index contributed by atoms with van der Waals surface area (Å²) < 4.78 is 10.8. The molecule has 0 aliphatic carbocycles. The molecule has 2 aromatic carbocycles. The van der Waals surface area contributed by atoms with Gasteiger partial charge in [-0.15, -0.1) is 0 Å². The van der Waals surface area contributed by atoms with Gasteiger partial charge in [0.2, 0.25) is 0 Å². The molecule has 2 N–H and O–H groups in total. The first-order chi connectivity index (χ1) is 14.9. The van der Waals surface area contributed by atoms with Gasteiger partial charge in [-0.3, -0.25) is 0 Å². The van der Waals surface area contributed by atoms with Crippen molar-refractivity contribution in [3.05, 3.63) is 74.9 Å². The van der Waals surface area contributed by atoms with Gasteiger partial charge in [0.1, 0.15) is 12.4 Å². The lowest BCUT2D eigenvalue weighted by molar-refractivity contribution is -0.136. The van der Waals surface area contributed by atoms with E-state index in [-0.39, 0.29) is 12.6 Å². The number of ether oxygens (including phenoxy) is 2. The van der Waals surface area contributed by atoms with Gasteiger partial charge in [-0.05, 0) is 42.7 Å². The molecule has 0 bridgehead atoms. The number of benzene rings is 2. The molecule has 0 saturated carbocycles. The van der Waals surface area contributed by atoms with Crippen LogP contribution in [0.3, 0.4) is 0 Å². The molecule has 0 saturated heterocycles. The van der Waals surface area contributed by atoms with Crippen molar-refractivity contribution in [2.45, 2.75) is 38.8 Å². The number of urea groups is 1. The minimum absolute atomic E-state index is 0.219. The van der Waals surface area contributed by atoms with Crippen LogP contribution in [-0.2, 0) is 16.1 Å². The van der Waals surface area contributed by atoms with Gasteiger partial charge in [0.05, 0.1) is 18.7 Å². The van der Waals surface area contributed by atoms with E-state index in [1.165, 1.54) is 7.11 Å². The molecule has 1 atom stereocenters. The topological polar surface area (TPSA) is 76.7 Å². The summed E-state index contributed by atoms with van der Waals surface area (Å²) in [6.07, 6.45) is 2.37. The minimum atomic E-state index is -0.611. The predicted molar refractivity (Wildman–Crippen MR) is 120 cm³/mol. The predicted octanol–water partition coefficient (Wildman–Crippen LogP) is 5.54. The number of hydrogen-bond acceptors (Lipinski definition) is 4. The molecule has 8 heteroatoms. The summed E-state index contributed by atoms with van der Waals surface area (Å²) in [6.45, 7) is 2.27. The number of carbonyl (C=O) groups excluding carboxylic acids is 2. The lowest BCUT2D eigenvalue weighted by atomic mass is 9.93. The fourth-order valence-corrected chi connectivity index (χ4v) is 3.86. The molecule has 1 aliphatic rings. The largest absolute Gasteiger partial charge is 0.489 e. The van der Waals surface area contributed by atoms with Gasteiger partial charge >= 0.3 is 12.0 Å². The normalized spacial score (nSPS) is 15.9. The summed E-state index contributed by atoms with van der Waals surface area (Å²) in [5, 5.41) is 6.64. The standard InChI is InChI=1S/C23H24Cl2N2O4/c1-3-4-8-19-20(22(28)30-2)21(27-23(29)26-19)14-9-11-15(12-10-14)31-13-16-17(24)6-5-7-18(16)25/h5-7,9-12,21H,3-4,8,13H2,1-2H3,(H2,26,27,29). The number of methoxy groups -OCH3 is 1. The zero-order valence-electron chi connectivity index (χ0n) is 17.3. The molecule has 31 heavy (non-hydrogen) atoms. The molecule has 3 rings (SSSR count). The monoisotopic (exact) mass is 462 g/mol. The first-order valence-corrected chi connectivity index (χ1v) is 10.7. The van der Waals surface area contributed by atoms with Crippen LogP contribution in [0.25, 0.3) is 0 Å². The lowest BCUT2D eigenvalue weighted by Crippen LogP contribution is -2.45. The highest BCUT2D eigenvalue weighted by Gasteiger charge is 2.33. The average molecular weight is 463 g/mol. The van der Waals surface area contributed by atoms with Gasteiger partial charge in [0.25, 0.3) is 0 Å². The number of halogens is 2. The van der Waals surface area contributed by atoms with E-state index in [1.54, 1.807) is 42.5 Å². The number of hydrogen-bond donors (Lipinski definition) is 2. The van der Waals surface area contributed by atoms with Crippen LogP contribution in [0, 0.1) is 0 Å². The molecular weight excluding hydrogens is 439 g/mol. The summed E-state index contributed by atoms with van der Waals surface area (Å²) in [5.41, 5.74) is 2.45. The van der Waals surface area contributed by atoms with E-state index in [9.17, 15) is 9.59 Å². The number of amides is 2. The smallest absolute Gasteiger partial charge is 0.337 e. The Balaban J connectivity index is 1.82. The Hall–Kier alpha value is -2.70. The first-order valence-electron chi connectivity index (χ1n) is 9.99. The Labute approximate surface area is 191 Å². The number of carbonyl (C=O) groups is 2. The van der Waals surface area contributed by atoms with Crippen molar-refractivity contribution >= 4 is 35.2 Å². The molecule has 0 radical (unpaired) electrons. The summed E-state index contributed by atoms with van der Waals surface area (Å²) in [6, 6.07) is 11.5. The molecule has 164 valence electrons. The van der Waals surface area contributed by atoms with Crippen molar-refractivity contribution in [1.29, 1.82) is 0 Å². The number of unbranched alkanes of at least 4 members (excludes halogenated alkanes) is 1. The van der Waals surface area contributed by atoms with Gasteiger partial charge in [0.15, 0.2) is 0 Å². The second-order valence-corrected chi connectivity index (χ2v) is 7.89. The second kappa shape index (κ2) is 10.6. The molecule has 1 aliphatic heterocycles. The van der Waals surface area contributed by atoms with E-state index in [4.69, 9.17) is 32.7 Å². The van der Waals surface area contributed by atoms with E-state index in [0.717, 1.165) is 18.4 Å². The lowest BCUT2D eigenvalue weighted by Gasteiger charge is -2.29. The van der Waals surface area contributed by atoms with Gasteiger partial charge in [0, 0.05) is 21.3 Å². The third-order valence-electron chi connectivity index (χ3n) is 5.00. The third-order valence-corrected chi connectivity index (χ3v) is 5.71. The van der Waals surface area contributed by atoms with Crippen LogP contribution in [0.2, 0.25) is 10.0 Å². The summed E-state index contributed by atoms with van der Waals surface area (Å²) in [5.74, 6) is 0.132. The third kappa shape index (κ3) is 5.51. The zero-order chi connectivity index (χ0) is 22.4. The van der Waals surface area contributed by atoms with E-state index in [0.29, 0.717) is 39.0 Å². The van der Waals surface area contributed by atoms with Crippen molar-refractivity contribution < 1.29 is 19.1 Å². The molecule has 2 amide bonds. The number of allylic oxidation sites excluding steroid dienone is 1. The van der Waals surface area contributed by atoms with Crippen molar-refractivity contribution in [3.8, 4) is 5.75 Å². The molecule has 6 nitrogen and oxygen atoms in total. The van der Waals surface area contributed by atoms with Gasteiger partial charge < -0.3 is 20.1 Å². The molecule has 0 aromatic heterocycles. The average Bonchev–Trinajstić information content (AvgIpc) is 2.77. The fourth-order valence-electron chi connectivity index (χ4n) is 3.35. The van der Waals surface area contributed by atoms with E-state index in [1.807, 2.05) is 6.92 Å². The highest BCUT2D eigenvalue weighted by molar-refractivity contribution is 6.35. The number of esters is 1. The summed E-state index contributed by atoms with van der Waals surface area (Å²) >= 11 is 12.4. The van der Waals surface area contributed by atoms with E-state index < -0.39 is 12.0 Å². The minimum Gasteiger partial charge on any atom is -0.489 e. The Morgan fingerprint density at radius 2 is 1.77 bits per heavy atom. The fraction of sp³-hybridized carbons (Fsp3) is 0.304. The maximum Gasteiger partial charge on any atom is 0.337 e. The number of rotatable bonds is 8. The van der Waals surface area contributed by atoms with Crippen LogP contribution in [0.5, 0.6) is 5.75 Å². The Morgan fingerprint density at radius 1 is 1.10 bits per heavy atom. The van der Waals surface area contributed by atoms with Crippen molar-refractivity contribution in [1.82, 2.24) is 10.6 Å². The van der Waals surface area contributed by atoms with Gasteiger partial charge in [-0.1, -0.05) is 54.7 Å². The molecule has 0 fully saturated rings. The Bertz CT molecular complexity index is 969. The van der Waals surface area contributed by atoms with E-state index in [2.05, 4.69) is 10.6 Å². The van der Waals surface area contributed by atoms with Crippen LogP contribution in [-0.4, -0.2) is 19.1 Å². The quantitative estimate of drug-likeness (QED) is 0.504. The van der Waals surface area contributed by atoms with Crippen molar-refractivity contribution in [2.24, 2.45) is 0 Å². The highest BCUT2D eigenvalue weighted by Crippen LogP contribution is 2.31. The summed E-state index contributed by atoms with van der Waals surface area (Å²) in [4.78, 5) is 24.7. The molecule has 2 aromatic rings. The van der Waals surface area contributed by atoms with Crippen LogP contribution in [0.15, 0.2) is 53.7 Å². The molecular formula is C23H24Cl2N2O4. The number of nitrogens with one attached hydrogen (secondary N) is 2. The zero-order valence-corrected chi connectivity index (χ0v) is 18.8. The molecule has 0 spiro atoms. The SMILES string of the molecule is CCCCC1=C(C(=O)OC)C(c2ccc(OCc3c(Cl)cccc3Cl)cc2)NC(=O)N1. The highest BCUT2D eigenvalue weighted by atomic mass is 35.5. The van der Waals surface area contributed by atoms with Crippen molar-refractivity contribution in [3.63, 3.8) is 0 Å². The van der Waals surface area contributed by atoms with Gasteiger partial charge in [-0.2, -0.15) is 0 Å². The van der Waals surface area contributed by atoms with Crippen LogP contribution in [0.4, 0.5) is 4.79 Å². The first kappa shape index (κ1) is 23.0.